The van der Waals surface area contributed by atoms with Crippen LogP contribution in [0.5, 0.6) is 5.75 Å². The molecule has 1 aromatic carbocycles. The molecule has 0 bridgehead atoms. The fraction of sp³-hybridized carbons (Fsp3) is 0.100. The largest absolute Gasteiger partial charge is 0.506 e. The fourth-order valence-electron chi connectivity index (χ4n) is 1.46. The van der Waals surface area contributed by atoms with Crippen LogP contribution >= 0.6 is 11.3 Å². The molecule has 2 nitrogen and oxygen atoms in total. The number of rotatable bonds is 0. The second-order valence-corrected chi connectivity index (χ2v) is 4.09. The lowest BCUT2D eigenvalue weighted by atomic mass is 10.1. The molecule has 0 amide bonds. The molecule has 6 heteroatoms. The summed E-state index contributed by atoms with van der Waals surface area (Å²) in [6.07, 6.45) is -4.59. The summed E-state index contributed by atoms with van der Waals surface area (Å²) in [6, 6.07) is 5.36. The van der Waals surface area contributed by atoms with E-state index in [4.69, 9.17) is 5.26 Å². The van der Waals surface area contributed by atoms with Crippen LogP contribution < -0.4 is 0 Å². The van der Waals surface area contributed by atoms with E-state index in [0.29, 0.717) is 11.3 Å². The van der Waals surface area contributed by atoms with Gasteiger partial charge in [0.25, 0.3) is 0 Å². The van der Waals surface area contributed by atoms with Gasteiger partial charge in [0.05, 0.1) is 10.3 Å². The summed E-state index contributed by atoms with van der Waals surface area (Å²) in [4.78, 5) is -0.427. The third-order valence-electron chi connectivity index (χ3n) is 2.08. The minimum absolute atomic E-state index is 0.0892. The fourth-order valence-corrected chi connectivity index (χ4v) is 2.49. The maximum absolute atomic E-state index is 12.7. The highest BCUT2D eigenvalue weighted by Crippen LogP contribution is 2.44. The van der Waals surface area contributed by atoms with Crippen LogP contribution in [0.1, 0.15) is 10.4 Å². The van der Waals surface area contributed by atoms with E-state index in [9.17, 15) is 18.3 Å². The number of nitrogens with zero attached hydrogens (tertiary/aromatic N) is 1. The maximum atomic E-state index is 12.7. The minimum Gasteiger partial charge on any atom is -0.506 e. The highest BCUT2D eigenvalue weighted by Gasteiger charge is 2.37. The molecule has 0 spiro atoms. The first kappa shape index (κ1) is 10.8. The van der Waals surface area contributed by atoms with Crippen molar-refractivity contribution < 1.29 is 18.3 Å². The number of hydrogen-bond acceptors (Lipinski definition) is 3. The summed E-state index contributed by atoms with van der Waals surface area (Å²) >= 11 is 0.646. The van der Waals surface area contributed by atoms with Crippen LogP contribution in [0.2, 0.25) is 0 Å². The van der Waals surface area contributed by atoms with Gasteiger partial charge >= 0.3 is 6.18 Å². The van der Waals surface area contributed by atoms with Crippen LogP contribution in [0.4, 0.5) is 13.2 Å². The van der Waals surface area contributed by atoms with Gasteiger partial charge in [0, 0.05) is 5.39 Å². The second kappa shape index (κ2) is 3.39. The Morgan fingerprint density at radius 2 is 2.00 bits per heavy atom. The van der Waals surface area contributed by atoms with Crippen molar-refractivity contribution in [1.29, 1.82) is 5.26 Å². The minimum atomic E-state index is -4.59. The lowest BCUT2D eigenvalue weighted by Crippen LogP contribution is -2.05. The Balaban J connectivity index is 2.91. The molecule has 16 heavy (non-hydrogen) atoms. The number of fused-ring (bicyclic) bond motifs is 1. The predicted molar refractivity (Wildman–Crippen MR) is 53.2 cm³/mol. The molecule has 0 aliphatic heterocycles. The second-order valence-electron chi connectivity index (χ2n) is 3.07. The Kier molecular flexibility index (Phi) is 2.28. The van der Waals surface area contributed by atoms with Gasteiger partial charge in [0.15, 0.2) is 0 Å². The van der Waals surface area contributed by atoms with E-state index in [1.165, 1.54) is 24.3 Å². The van der Waals surface area contributed by atoms with E-state index in [-0.39, 0.29) is 15.8 Å². The molecule has 0 radical (unpaired) electrons. The first-order chi connectivity index (χ1) is 7.45. The van der Waals surface area contributed by atoms with E-state index in [1.54, 1.807) is 0 Å². The zero-order chi connectivity index (χ0) is 11.9. The molecular weight excluding hydrogens is 239 g/mol. The summed E-state index contributed by atoms with van der Waals surface area (Å²) in [6.45, 7) is 0. The Morgan fingerprint density at radius 3 is 2.56 bits per heavy atom. The number of benzene rings is 1. The molecule has 0 aliphatic rings. The molecule has 2 aromatic rings. The lowest BCUT2D eigenvalue weighted by Gasteiger charge is -2.05. The zero-order valence-corrected chi connectivity index (χ0v) is 8.49. The Morgan fingerprint density at radius 1 is 1.31 bits per heavy atom. The lowest BCUT2D eigenvalue weighted by molar-refractivity contribution is -0.136. The van der Waals surface area contributed by atoms with Gasteiger partial charge in [-0.05, 0) is 6.07 Å². The first-order valence-electron chi connectivity index (χ1n) is 4.17. The quantitative estimate of drug-likeness (QED) is 0.769. The third-order valence-corrected chi connectivity index (χ3v) is 3.21. The third kappa shape index (κ3) is 1.49. The molecule has 1 aromatic heterocycles. The van der Waals surface area contributed by atoms with Crippen molar-refractivity contribution in [3.8, 4) is 11.8 Å². The van der Waals surface area contributed by atoms with E-state index in [2.05, 4.69) is 0 Å². The number of halogens is 3. The summed E-state index contributed by atoms with van der Waals surface area (Å²) in [5.41, 5.74) is -0.967. The molecule has 1 heterocycles. The monoisotopic (exact) mass is 243 g/mol. The maximum Gasteiger partial charge on any atom is 0.419 e. The molecule has 0 saturated heterocycles. The molecule has 82 valence electrons. The van der Waals surface area contributed by atoms with E-state index >= 15 is 0 Å². The number of phenols is 1. The normalized spacial score (nSPS) is 11.6. The Labute approximate surface area is 92.2 Å². The average molecular weight is 243 g/mol. The number of aromatic hydroxyl groups is 1. The van der Waals surface area contributed by atoms with Crippen molar-refractivity contribution in [1.82, 2.24) is 0 Å². The smallest absolute Gasteiger partial charge is 0.419 e. The topological polar surface area (TPSA) is 44.0 Å². The van der Waals surface area contributed by atoms with E-state index in [1.807, 2.05) is 0 Å². The summed E-state index contributed by atoms with van der Waals surface area (Å²) in [5, 5.41) is 17.9. The van der Waals surface area contributed by atoms with Crippen molar-refractivity contribution in [2.45, 2.75) is 6.18 Å². The van der Waals surface area contributed by atoms with Gasteiger partial charge in [-0.3, -0.25) is 0 Å². The van der Waals surface area contributed by atoms with Crippen molar-refractivity contribution >= 4 is 21.4 Å². The van der Waals surface area contributed by atoms with Crippen molar-refractivity contribution in [2.75, 3.05) is 0 Å². The molecule has 0 atom stereocenters. The molecule has 0 fully saturated rings. The molecule has 1 N–H and O–H groups in total. The van der Waals surface area contributed by atoms with Crippen LogP contribution in [-0.2, 0) is 6.18 Å². The van der Waals surface area contributed by atoms with Crippen LogP contribution in [-0.4, -0.2) is 5.11 Å². The highest BCUT2D eigenvalue weighted by molar-refractivity contribution is 7.20. The summed E-state index contributed by atoms with van der Waals surface area (Å²) in [7, 11) is 0. The number of thiophene rings is 1. The number of hydrogen-bond donors (Lipinski definition) is 1. The predicted octanol–water partition coefficient (Wildman–Crippen LogP) is 3.50. The van der Waals surface area contributed by atoms with Gasteiger partial charge < -0.3 is 5.11 Å². The zero-order valence-electron chi connectivity index (χ0n) is 7.67. The molecule has 0 unspecified atom stereocenters. The van der Waals surface area contributed by atoms with Crippen LogP contribution in [0, 0.1) is 11.3 Å². The van der Waals surface area contributed by atoms with Gasteiger partial charge in [0.1, 0.15) is 16.7 Å². The number of nitriles is 1. The van der Waals surface area contributed by atoms with Crippen LogP contribution in [0.25, 0.3) is 10.1 Å². The number of alkyl halides is 3. The SMILES string of the molecule is N#Cc1sc2c(O)cccc2c1C(F)(F)F. The van der Waals surface area contributed by atoms with E-state index < -0.39 is 16.6 Å². The van der Waals surface area contributed by atoms with Gasteiger partial charge in [-0.1, -0.05) is 12.1 Å². The van der Waals surface area contributed by atoms with Crippen molar-refractivity contribution in [2.24, 2.45) is 0 Å². The Bertz CT molecular complexity index is 594. The van der Waals surface area contributed by atoms with Gasteiger partial charge in [-0.2, -0.15) is 18.4 Å². The van der Waals surface area contributed by atoms with Gasteiger partial charge in [-0.25, -0.2) is 0 Å². The van der Waals surface area contributed by atoms with Crippen LogP contribution in [0.3, 0.4) is 0 Å². The standard InChI is InChI=1S/C10H4F3NOS/c11-10(12,13)8-5-2-1-3-6(15)9(5)16-7(8)4-14/h1-3,15H. The van der Waals surface area contributed by atoms with Crippen molar-refractivity contribution in [3.05, 3.63) is 28.6 Å². The summed E-state index contributed by atoms with van der Waals surface area (Å²) in [5.74, 6) is -0.241. The van der Waals surface area contributed by atoms with Crippen molar-refractivity contribution in [3.63, 3.8) is 0 Å². The van der Waals surface area contributed by atoms with Gasteiger partial charge in [-0.15, -0.1) is 11.3 Å². The first-order valence-corrected chi connectivity index (χ1v) is 4.98. The average Bonchev–Trinajstić information content (AvgIpc) is 2.57. The number of phenolic OH excluding ortho intramolecular Hbond substituents is 1. The molecule has 0 saturated carbocycles. The van der Waals surface area contributed by atoms with E-state index in [0.717, 1.165) is 0 Å². The highest BCUT2D eigenvalue weighted by atomic mass is 32.1. The van der Waals surface area contributed by atoms with Gasteiger partial charge in [0.2, 0.25) is 0 Å². The molecular formula is C10H4F3NOS. The van der Waals surface area contributed by atoms with Crippen LogP contribution in [0.15, 0.2) is 18.2 Å². The molecule has 0 aliphatic carbocycles. The molecule has 2 rings (SSSR count). The summed E-state index contributed by atoms with van der Waals surface area (Å²) < 4.78 is 38.2. The Hall–Kier alpha value is -1.74.